The van der Waals surface area contributed by atoms with Crippen LogP contribution in [0.15, 0.2) is 72.8 Å². The summed E-state index contributed by atoms with van der Waals surface area (Å²) in [4.78, 5) is 0. The van der Waals surface area contributed by atoms with Gasteiger partial charge in [0.15, 0.2) is 0 Å². The molecule has 0 aliphatic rings. The first-order chi connectivity index (χ1) is 10.8. The Morgan fingerprint density at radius 1 is 0.727 bits per heavy atom. The van der Waals surface area contributed by atoms with Crippen LogP contribution in [0.2, 0.25) is 0 Å². The zero-order chi connectivity index (χ0) is 15.4. The zero-order valence-electron chi connectivity index (χ0n) is 12.8. The maximum absolute atomic E-state index is 9.73. The third-order valence-corrected chi connectivity index (χ3v) is 3.89. The van der Waals surface area contributed by atoms with Crippen LogP contribution in [0.3, 0.4) is 0 Å². The highest BCUT2D eigenvalue weighted by Gasteiger charge is 2.08. The van der Waals surface area contributed by atoms with Crippen LogP contribution in [-0.2, 0) is 6.42 Å². The molecule has 0 atom stereocenters. The van der Waals surface area contributed by atoms with Crippen LogP contribution in [0.5, 0.6) is 5.75 Å². The lowest BCUT2D eigenvalue weighted by atomic mass is 9.93. The molecule has 0 saturated carbocycles. The molecule has 1 N–H and O–H groups in total. The molecule has 0 radical (unpaired) electrons. The predicted molar refractivity (Wildman–Crippen MR) is 93.0 cm³/mol. The summed E-state index contributed by atoms with van der Waals surface area (Å²) in [5.74, 6) is 0.312. The van der Waals surface area contributed by atoms with Gasteiger partial charge in [0.05, 0.1) is 0 Å². The quantitative estimate of drug-likeness (QED) is 0.655. The van der Waals surface area contributed by atoms with E-state index in [0.717, 1.165) is 18.4 Å². The Kier molecular flexibility index (Phi) is 4.24. The van der Waals surface area contributed by atoms with Crippen molar-refractivity contribution in [2.45, 2.75) is 19.8 Å². The molecule has 1 heteroatoms. The number of phenolic OH excluding ortho intramolecular Hbond substituents is 1. The highest BCUT2D eigenvalue weighted by Crippen LogP contribution is 2.31. The summed E-state index contributed by atoms with van der Waals surface area (Å²) in [6.45, 7) is 2.20. The second-order valence-corrected chi connectivity index (χ2v) is 5.54. The number of benzene rings is 3. The van der Waals surface area contributed by atoms with Gasteiger partial charge < -0.3 is 5.11 Å². The van der Waals surface area contributed by atoms with E-state index in [1.807, 2.05) is 18.2 Å². The van der Waals surface area contributed by atoms with E-state index in [2.05, 4.69) is 55.5 Å². The first-order valence-corrected chi connectivity index (χ1v) is 7.75. The van der Waals surface area contributed by atoms with E-state index in [4.69, 9.17) is 0 Å². The number of rotatable bonds is 4. The minimum absolute atomic E-state index is 0.312. The van der Waals surface area contributed by atoms with Gasteiger partial charge in [-0.2, -0.15) is 0 Å². The van der Waals surface area contributed by atoms with Gasteiger partial charge in [-0.25, -0.2) is 0 Å². The average Bonchev–Trinajstić information content (AvgIpc) is 2.56. The molecule has 0 aliphatic carbocycles. The molecule has 0 aromatic heterocycles. The fourth-order valence-corrected chi connectivity index (χ4v) is 2.84. The largest absolute Gasteiger partial charge is 0.508 e. The number of aromatic hydroxyl groups is 1. The van der Waals surface area contributed by atoms with Crippen molar-refractivity contribution in [3.8, 4) is 28.0 Å². The van der Waals surface area contributed by atoms with Gasteiger partial charge in [-0.05, 0) is 46.4 Å². The molecule has 3 aromatic rings. The van der Waals surface area contributed by atoms with Crippen LogP contribution in [0.1, 0.15) is 18.9 Å². The topological polar surface area (TPSA) is 20.2 Å². The van der Waals surface area contributed by atoms with Crippen LogP contribution >= 0.6 is 0 Å². The van der Waals surface area contributed by atoms with Crippen LogP contribution in [0, 0.1) is 0 Å². The molecule has 0 fully saturated rings. The summed E-state index contributed by atoms with van der Waals surface area (Å²) in [7, 11) is 0. The molecule has 0 heterocycles. The molecule has 0 bridgehead atoms. The number of hydrogen-bond donors (Lipinski definition) is 1. The van der Waals surface area contributed by atoms with Crippen molar-refractivity contribution in [1.29, 1.82) is 0 Å². The lowest BCUT2D eigenvalue weighted by Gasteiger charge is -2.12. The van der Waals surface area contributed by atoms with Gasteiger partial charge in [0.1, 0.15) is 5.75 Å². The van der Waals surface area contributed by atoms with Crippen molar-refractivity contribution in [2.75, 3.05) is 0 Å². The van der Waals surface area contributed by atoms with E-state index in [0.29, 0.717) is 5.75 Å². The number of hydrogen-bond acceptors (Lipinski definition) is 1. The number of aryl methyl sites for hydroxylation is 1. The molecular weight excluding hydrogens is 268 g/mol. The van der Waals surface area contributed by atoms with Gasteiger partial charge in [-0.1, -0.05) is 74.0 Å². The van der Waals surface area contributed by atoms with Gasteiger partial charge in [-0.15, -0.1) is 0 Å². The lowest BCUT2D eigenvalue weighted by Crippen LogP contribution is -1.91. The normalized spacial score (nSPS) is 10.6. The molecule has 0 amide bonds. The summed E-state index contributed by atoms with van der Waals surface area (Å²) in [6, 6.07) is 24.5. The third-order valence-electron chi connectivity index (χ3n) is 3.89. The molecule has 0 unspecified atom stereocenters. The fourth-order valence-electron chi connectivity index (χ4n) is 2.84. The maximum Gasteiger partial charge on any atom is 0.116 e. The Morgan fingerprint density at radius 2 is 1.50 bits per heavy atom. The van der Waals surface area contributed by atoms with Gasteiger partial charge in [0.25, 0.3) is 0 Å². The number of phenols is 1. The predicted octanol–water partition coefficient (Wildman–Crippen LogP) is 5.68. The maximum atomic E-state index is 9.73. The van der Waals surface area contributed by atoms with Gasteiger partial charge in [0, 0.05) is 0 Å². The van der Waals surface area contributed by atoms with E-state index in [9.17, 15) is 5.11 Å². The molecular formula is C21H20O. The smallest absolute Gasteiger partial charge is 0.116 e. The Bertz CT molecular complexity index is 760. The van der Waals surface area contributed by atoms with E-state index < -0.39 is 0 Å². The van der Waals surface area contributed by atoms with Gasteiger partial charge >= 0.3 is 0 Å². The Morgan fingerprint density at radius 3 is 2.23 bits per heavy atom. The monoisotopic (exact) mass is 288 g/mol. The highest BCUT2D eigenvalue weighted by atomic mass is 16.3. The van der Waals surface area contributed by atoms with Crippen molar-refractivity contribution in [3.05, 3.63) is 78.4 Å². The molecule has 1 nitrogen and oxygen atoms in total. The minimum Gasteiger partial charge on any atom is -0.508 e. The van der Waals surface area contributed by atoms with Crippen LogP contribution in [0.25, 0.3) is 22.3 Å². The molecule has 0 saturated heterocycles. The SMILES string of the molecule is CCCc1cc(-c2ccccc2)ccc1-c1cccc(O)c1. The second-order valence-electron chi connectivity index (χ2n) is 5.54. The summed E-state index contributed by atoms with van der Waals surface area (Å²) >= 11 is 0. The first-order valence-electron chi connectivity index (χ1n) is 7.75. The molecule has 3 aromatic carbocycles. The average molecular weight is 288 g/mol. The molecule has 110 valence electrons. The van der Waals surface area contributed by atoms with E-state index in [-0.39, 0.29) is 0 Å². The van der Waals surface area contributed by atoms with Crippen molar-refractivity contribution < 1.29 is 5.11 Å². The van der Waals surface area contributed by atoms with E-state index in [1.165, 1.54) is 22.3 Å². The standard InChI is InChI=1S/C21H20O/c1-2-7-18-14-17(16-8-4-3-5-9-16)12-13-21(18)19-10-6-11-20(22)15-19/h3-6,8-15,22H,2,7H2,1H3. The van der Waals surface area contributed by atoms with Crippen molar-refractivity contribution >= 4 is 0 Å². The first kappa shape index (κ1) is 14.4. The second kappa shape index (κ2) is 6.48. The summed E-state index contributed by atoms with van der Waals surface area (Å²) in [5, 5.41) is 9.73. The molecule has 3 rings (SSSR count). The third kappa shape index (κ3) is 3.04. The Labute approximate surface area is 131 Å². The minimum atomic E-state index is 0.312. The lowest BCUT2D eigenvalue weighted by molar-refractivity contribution is 0.475. The summed E-state index contributed by atoms with van der Waals surface area (Å²) < 4.78 is 0. The zero-order valence-corrected chi connectivity index (χ0v) is 12.8. The van der Waals surface area contributed by atoms with Crippen molar-refractivity contribution in [1.82, 2.24) is 0 Å². The highest BCUT2D eigenvalue weighted by molar-refractivity contribution is 5.74. The van der Waals surface area contributed by atoms with E-state index >= 15 is 0 Å². The van der Waals surface area contributed by atoms with E-state index in [1.54, 1.807) is 6.07 Å². The van der Waals surface area contributed by atoms with Crippen LogP contribution in [0.4, 0.5) is 0 Å². The van der Waals surface area contributed by atoms with Crippen molar-refractivity contribution in [2.24, 2.45) is 0 Å². The Hall–Kier alpha value is -2.54. The van der Waals surface area contributed by atoms with Crippen molar-refractivity contribution in [3.63, 3.8) is 0 Å². The molecule has 22 heavy (non-hydrogen) atoms. The molecule has 0 aliphatic heterocycles. The van der Waals surface area contributed by atoms with Crippen LogP contribution < -0.4 is 0 Å². The summed E-state index contributed by atoms with van der Waals surface area (Å²) in [6.07, 6.45) is 2.13. The fraction of sp³-hybridized carbons (Fsp3) is 0.143. The van der Waals surface area contributed by atoms with Crippen LogP contribution in [-0.4, -0.2) is 5.11 Å². The van der Waals surface area contributed by atoms with Gasteiger partial charge in [0.2, 0.25) is 0 Å². The van der Waals surface area contributed by atoms with Gasteiger partial charge in [-0.3, -0.25) is 0 Å². The summed E-state index contributed by atoms with van der Waals surface area (Å²) in [5.41, 5.74) is 6.09. The molecule has 0 spiro atoms. The Balaban J connectivity index is 2.08.